The van der Waals surface area contributed by atoms with E-state index in [0.717, 1.165) is 42.1 Å². The highest BCUT2D eigenvalue weighted by atomic mass is 16.5. The van der Waals surface area contributed by atoms with Gasteiger partial charge < -0.3 is 18.9 Å². The fourth-order valence-electron chi connectivity index (χ4n) is 3.88. The summed E-state index contributed by atoms with van der Waals surface area (Å²) in [6, 6.07) is 17.5. The summed E-state index contributed by atoms with van der Waals surface area (Å²) in [5.74, 6) is 1.60. The molecule has 1 fully saturated rings. The molecule has 2 aromatic carbocycles. The maximum Gasteiger partial charge on any atom is 0.254 e. The summed E-state index contributed by atoms with van der Waals surface area (Å²) in [5, 5.41) is 0. The number of nitrogens with zero attached hydrogens (tertiary/aromatic N) is 2. The maximum atomic E-state index is 13.2. The van der Waals surface area contributed by atoms with Gasteiger partial charge >= 0.3 is 0 Å². The molecule has 5 heteroatoms. The lowest BCUT2D eigenvalue weighted by atomic mass is 10.0. The predicted molar refractivity (Wildman–Crippen MR) is 108 cm³/mol. The van der Waals surface area contributed by atoms with Crippen LogP contribution in [-0.4, -0.2) is 36.1 Å². The number of carbonyl (C=O) groups excluding carboxylic acids is 1. The van der Waals surface area contributed by atoms with Gasteiger partial charge in [-0.2, -0.15) is 0 Å². The molecule has 4 rings (SSSR count). The molecule has 0 aliphatic carbocycles. The Labute approximate surface area is 165 Å². The molecule has 1 aliphatic heterocycles. The number of hydrogen-bond acceptors (Lipinski definition) is 3. The fourth-order valence-corrected chi connectivity index (χ4v) is 3.88. The van der Waals surface area contributed by atoms with E-state index >= 15 is 0 Å². The van der Waals surface area contributed by atoms with Crippen LogP contribution in [0.2, 0.25) is 0 Å². The number of hydrogen-bond donors (Lipinski definition) is 0. The second-order valence-electron chi connectivity index (χ2n) is 6.90. The third-order valence-corrected chi connectivity index (χ3v) is 5.33. The molecule has 2 heterocycles. The van der Waals surface area contributed by atoms with Crippen molar-refractivity contribution in [2.45, 2.75) is 18.9 Å². The monoisotopic (exact) mass is 376 g/mol. The van der Waals surface area contributed by atoms with E-state index in [1.807, 2.05) is 76.5 Å². The standard InChI is InChI=1S/C23H24N2O3/c1-27-19-11-12-22(28-2)20(16-19)21-6-5-15-25(21)23(26)17-7-9-18(10-8-17)24-13-3-4-14-24/h3-4,7-14,16,21H,5-6,15H2,1-2H3/t21-/m0/s1. The first-order valence-electron chi connectivity index (χ1n) is 9.47. The molecule has 1 aliphatic rings. The number of carbonyl (C=O) groups is 1. The van der Waals surface area contributed by atoms with Gasteiger partial charge in [-0.3, -0.25) is 4.79 Å². The van der Waals surface area contributed by atoms with E-state index in [-0.39, 0.29) is 11.9 Å². The Morgan fingerprint density at radius 1 is 1.00 bits per heavy atom. The molecule has 0 radical (unpaired) electrons. The van der Waals surface area contributed by atoms with Gasteiger partial charge in [0.05, 0.1) is 20.3 Å². The lowest BCUT2D eigenvalue weighted by Crippen LogP contribution is -2.30. The third kappa shape index (κ3) is 3.36. The topological polar surface area (TPSA) is 43.7 Å². The highest BCUT2D eigenvalue weighted by Crippen LogP contribution is 2.39. The summed E-state index contributed by atoms with van der Waals surface area (Å²) < 4.78 is 13.0. The van der Waals surface area contributed by atoms with E-state index in [4.69, 9.17) is 9.47 Å². The average molecular weight is 376 g/mol. The Bertz CT molecular complexity index is 948. The first kappa shape index (κ1) is 18.2. The zero-order valence-electron chi connectivity index (χ0n) is 16.2. The lowest BCUT2D eigenvalue weighted by Gasteiger charge is -2.27. The van der Waals surface area contributed by atoms with E-state index in [1.54, 1.807) is 14.2 Å². The molecule has 0 N–H and O–H groups in total. The summed E-state index contributed by atoms with van der Waals surface area (Å²) in [6.45, 7) is 0.739. The fraction of sp³-hybridized carbons (Fsp3) is 0.261. The molecule has 144 valence electrons. The van der Waals surface area contributed by atoms with Crippen LogP contribution in [0, 0.1) is 0 Å². The van der Waals surface area contributed by atoms with Crippen molar-refractivity contribution in [3.8, 4) is 17.2 Å². The van der Waals surface area contributed by atoms with Crippen molar-refractivity contribution in [2.24, 2.45) is 0 Å². The van der Waals surface area contributed by atoms with Crippen molar-refractivity contribution in [2.75, 3.05) is 20.8 Å². The molecule has 1 aromatic heterocycles. The quantitative estimate of drug-likeness (QED) is 0.660. The number of rotatable bonds is 5. The SMILES string of the molecule is COc1ccc(OC)c([C@@H]2CCCN2C(=O)c2ccc(-n3cccc3)cc2)c1. The largest absolute Gasteiger partial charge is 0.497 e. The highest BCUT2D eigenvalue weighted by Gasteiger charge is 2.32. The van der Waals surface area contributed by atoms with Crippen LogP contribution in [0.3, 0.4) is 0 Å². The molecule has 0 spiro atoms. The van der Waals surface area contributed by atoms with Crippen LogP contribution in [0.4, 0.5) is 0 Å². The zero-order chi connectivity index (χ0) is 19.5. The Hall–Kier alpha value is -3.21. The van der Waals surface area contributed by atoms with E-state index in [9.17, 15) is 4.79 Å². The van der Waals surface area contributed by atoms with Crippen molar-refractivity contribution in [3.63, 3.8) is 0 Å². The summed E-state index contributed by atoms with van der Waals surface area (Å²) >= 11 is 0. The Kier molecular flexibility index (Phi) is 5.06. The number of methoxy groups -OCH3 is 2. The minimum Gasteiger partial charge on any atom is -0.497 e. The van der Waals surface area contributed by atoms with Gasteiger partial charge in [-0.15, -0.1) is 0 Å². The minimum atomic E-state index is -0.0123. The molecular weight excluding hydrogens is 352 g/mol. The van der Waals surface area contributed by atoms with Crippen molar-refractivity contribution < 1.29 is 14.3 Å². The number of aromatic nitrogens is 1. The van der Waals surface area contributed by atoms with Crippen molar-refractivity contribution in [3.05, 3.63) is 78.1 Å². The second-order valence-corrected chi connectivity index (χ2v) is 6.90. The molecule has 1 amide bonds. The molecule has 28 heavy (non-hydrogen) atoms. The Morgan fingerprint density at radius 2 is 1.75 bits per heavy atom. The van der Waals surface area contributed by atoms with Crippen LogP contribution >= 0.6 is 0 Å². The lowest BCUT2D eigenvalue weighted by molar-refractivity contribution is 0.0734. The van der Waals surface area contributed by atoms with Crippen LogP contribution in [0.25, 0.3) is 5.69 Å². The van der Waals surface area contributed by atoms with Crippen molar-refractivity contribution >= 4 is 5.91 Å². The zero-order valence-corrected chi connectivity index (χ0v) is 16.2. The van der Waals surface area contributed by atoms with E-state index in [2.05, 4.69) is 0 Å². The summed E-state index contributed by atoms with van der Waals surface area (Å²) in [5.41, 5.74) is 2.73. The van der Waals surface area contributed by atoms with E-state index in [0.29, 0.717) is 5.56 Å². The van der Waals surface area contributed by atoms with Gasteiger partial charge in [0.25, 0.3) is 5.91 Å². The van der Waals surface area contributed by atoms with Gasteiger partial charge in [-0.25, -0.2) is 0 Å². The first-order chi connectivity index (χ1) is 13.7. The van der Waals surface area contributed by atoms with Gasteiger partial charge in [0.1, 0.15) is 11.5 Å². The summed E-state index contributed by atoms with van der Waals surface area (Å²) in [7, 11) is 3.31. The predicted octanol–water partition coefficient (Wildman–Crippen LogP) is 4.47. The Morgan fingerprint density at radius 3 is 2.43 bits per heavy atom. The third-order valence-electron chi connectivity index (χ3n) is 5.33. The van der Waals surface area contributed by atoms with Gasteiger partial charge in [-0.05, 0) is 67.4 Å². The van der Waals surface area contributed by atoms with Gasteiger partial charge in [0.2, 0.25) is 0 Å². The van der Waals surface area contributed by atoms with Crippen LogP contribution in [0.15, 0.2) is 67.0 Å². The number of benzene rings is 2. The molecule has 0 bridgehead atoms. The van der Waals surface area contributed by atoms with Crippen molar-refractivity contribution in [1.82, 2.24) is 9.47 Å². The van der Waals surface area contributed by atoms with Crippen LogP contribution in [0.1, 0.15) is 34.8 Å². The van der Waals surface area contributed by atoms with Gasteiger partial charge in [0.15, 0.2) is 0 Å². The molecule has 3 aromatic rings. The van der Waals surface area contributed by atoms with Crippen LogP contribution < -0.4 is 9.47 Å². The normalized spacial score (nSPS) is 16.2. The second kappa shape index (κ2) is 7.80. The van der Waals surface area contributed by atoms with Crippen LogP contribution in [-0.2, 0) is 0 Å². The minimum absolute atomic E-state index is 0.0123. The van der Waals surface area contributed by atoms with E-state index < -0.39 is 0 Å². The number of amides is 1. The Balaban J connectivity index is 1.61. The smallest absolute Gasteiger partial charge is 0.254 e. The maximum absolute atomic E-state index is 13.2. The average Bonchev–Trinajstić information content (AvgIpc) is 3.45. The molecule has 1 saturated heterocycles. The van der Waals surface area contributed by atoms with Gasteiger partial charge in [-0.1, -0.05) is 0 Å². The molecule has 1 atom stereocenters. The molecular formula is C23H24N2O3. The number of ether oxygens (including phenoxy) is 2. The van der Waals surface area contributed by atoms with E-state index in [1.165, 1.54) is 0 Å². The first-order valence-corrected chi connectivity index (χ1v) is 9.47. The molecule has 5 nitrogen and oxygen atoms in total. The van der Waals surface area contributed by atoms with Crippen molar-refractivity contribution in [1.29, 1.82) is 0 Å². The van der Waals surface area contributed by atoms with Crippen LogP contribution in [0.5, 0.6) is 11.5 Å². The number of likely N-dealkylation sites (tertiary alicyclic amines) is 1. The molecule has 0 unspecified atom stereocenters. The summed E-state index contributed by atoms with van der Waals surface area (Å²) in [4.78, 5) is 15.2. The van der Waals surface area contributed by atoms with Gasteiger partial charge in [0, 0.05) is 35.8 Å². The summed E-state index contributed by atoms with van der Waals surface area (Å²) in [6.07, 6.45) is 5.86. The molecule has 0 saturated carbocycles. The highest BCUT2D eigenvalue weighted by molar-refractivity contribution is 5.95.